The maximum Gasteiger partial charge on any atom is 0.218 e. The fraction of sp³-hybridized carbons (Fsp3) is 0.167. The third kappa shape index (κ3) is 2.71. The third-order valence-electron chi connectivity index (χ3n) is 2.30. The van der Waals surface area contributed by atoms with Crippen molar-refractivity contribution in [3.63, 3.8) is 0 Å². The summed E-state index contributed by atoms with van der Waals surface area (Å²) < 4.78 is 31.1. The van der Waals surface area contributed by atoms with Crippen LogP contribution < -0.4 is 10.1 Å². The molecule has 2 heterocycles. The second kappa shape index (κ2) is 5.39. The molecule has 0 saturated heterocycles. The molecule has 0 spiro atoms. The Morgan fingerprint density at radius 3 is 2.89 bits per heavy atom. The van der Waals surface area contributed by atoms with Gasteiger partial charge in [0.1, 0.15) is 5.82 Å². The molecule has 0 unspecified atom stereocenters. The molecule has 18 heavy (non-hydrogen) atoms. The summed E-state index contributed by atoms with van der Waals surface area (Å²) in [5.74, 6) is -1.01. The van der Waals surface area contributed by atoms with Crippen molar-refractivity contribution in [1.82, 2.24) is 9.97 Å². The van der Waals surface area contributed by atoms with Crippen LogP contribution in [0, 0.1) is 11.6 Å². The number of nitrogens with one attached hydrogen (secondary N) is 1. The fourth-order valence-corrected chi connectivity index (χ4v) is 1.47. The molecule has 6 heteroatoms. The number of pyridine rings is 2. The van der Waals surface area contributed by atoms with Gasteiger partial charge in [0.05, 0.1) is 13.3 Å². The van der Waals surface area contributed by atoms with Crippen LogP contribution in [0.25, 0.3) is 0 Å². The Kier molecular flexibility index (Phi) is 3.66. The summed E-state index contributed by atoms with van der Waals surface area (Å²) in [6, 6.07) is 4.31. The summed E-state index contributed by atoms with van der Waals surface area (Å²) >= 11 is 0. The van der Waals surface area contributed by atoms with Crippen LogP contribution in [0.4, 0.5) is 14.6 Å². The lowest BCUT2D eigenvalue weighted by Gasteiger charge is -2.09. The van der Waals surface area contributed by atoms with E-state index in [2.05, 4.69) is 15.3 Å². The second-order valence-corrected chi connectivity index (χ2v) is 3.51. The quantitative estimate of drug-likeness (QED) is 0.906. The molecule has 1 N–H and O–H groups in total. The molecular weight excluding hydrogens is 240 g/mol. The highest BCUT2D eigenvalue weighted by atomic mass is 19.1. The summed E-state index contributed by atoms with van der Waals surface area (Å²) in [4.78, 5) is 7.64. The first-order valence-corrected chi connectivity index (χ1v) is 5.23. The molecule has 0 atom stereocenters. The van der Waals surface area contributed by atoms with E-state index in [-0.39, 0.29) is 12.4 Å². The van der Waals surface area contributed by atoms with Crippen LogP contribution in [-0.2, 0) is 6.54 Å². The molecule has 0 amide bonds. The van der Waals surface area contributed by atoms with E-state index in [1.807, 2.05) is 0 Å². The van der Waals surface area contributed by atoms with E-state index in [9.17, 15) is 8.78 Å². The van der Waals surface area contributed by atoms with Crippen molar-refractivity contribution >= 4 is 5.82 Å². The number of ether oxygens (including phenoxy) is 1. The van der Waals surface area contributed by atoms with Crippen LogP contribution in [-0.4, -0.2) is 17.1 Å². The van der Waals surface area contributed by atoms with Crippen LogP contribution in [0.15, 0.2) is 30.6 Å². The summed E-state index contributed by atoms with van der Waals surface area (Å²) in [5.41, 5.74) is 0.755. The van der Waals surface area contributed by atoms with E-state index >= 15 is 0 Å². The second-order valence-electron chi connectivity index (χ2n) is 3.51. The highest BCUT2D eigenvalue weighted by Crippen LogP contribution is 2.17. The Balaban J connectivity index is 2.11. The first kappa shape index (κ1) is 12.2. The van der Waals surface area contributed by atoms with Gasteiger partial charge in [0, 0.05) is 24.4 Å². The molecular formula is C12H11F2N3O. The number of hydrogen-bond donors (Lipinski definition) is 1. The van der Waals surface area contributed by atoms with E-state index in [1.165, 1.54) is 7.11 Å². The third-order valence-corrected chi connectivity index (χ3v) is 2.30. The maximum absolute atomic E-state index is 13.3. The van der Waals surface area contributed by atoms with E-state index in [1.54, 1.807) is 18.3 Å². The summed E-state index contributed by atoms with van der Waals surface area (Å²) in [5, 5.41) is 2.76. The van der Waals surface area contributed by atoms with E-state index in [0.717, 1.165) is 17.8 Å². The van der Waals surface area contributed by atoms with Crippen molar-refractivity contribution in [2.45, 2.75) is 6.54 Å². The molecule has 0 aliphatic rings. The highest BCUT2D eigenvalue weighted by Gasteiger charge is 2.07. The molecule has 4 nitrogen and oxygen atoms in total. The lowest BCUT2D eigenvalue weighted by atomic mass is 10.2. The highest BCUT2D eigenvalue weighted by molar-refractivity contribution is 5.38. The Hall–Kier alpha value is -2.24. The smallest absolute Gasteiger partial charge is 0.218 e. The van der Waals surface area contributed by atoms with Gasteiger partial charge in [-0.1, -0.05) is 6.07 Å². The molecule has 94 valence electrons. The predicted molar refractivity (Wildman–Crippen MR) is 62.3 cm³/mol. The molecule has 0 bridgehead atoms. The fourth-order valence-electron chi connectivity index (χ4n) is 1.47. The molecule has 2 rings (SSSR count). The monoisotopic (exact) mass is 251 g/mol. The van der Waals surface area contributed by atoms with Gasteiger partial charge in [-0.05, 0) is 6.07 Å². The van der Waals surface area contributed by atoms with Crippen LogP contribution >= 0.6 is 0 Å². The first-order chi connectivity index (χ1) is 8.70. The number of hydrogen-bond acceptors (Lipinski definition) is 4. The average Bonchev–Trinajstić information content (AvgIpc) is 2.38. The minimum absolute atomic E-state index is 0.0118. The van der Waals surface area contributed by atoms with Crippen molar-refractivity contribution in [2.24, 2.45) is 0 Å². The van der Waals surface area contributed by atoms with Crippen molar-refractivity contribution in [3.05, 3.63) is 47.8 Å². The van der Waals surface area contributed by atoms with Crippen molar-refractivity contribution in [2.75, 3.05) is 12.4 Å². The van der Waals surface area contributed by atoms with Crippen molar-refractivity contribution in [1.29, 1.82) is 0 Å². The Bertz CT molecular complexity index is 549. The molecule has 2 aromatic heterocycles. The van der Waals surface area contributed by atoms with Crippen LogP contribution in [0.5, 0.6) is 5.88 Å². The zero-order valence-electron chi connectivity index (χ0n) is 9.65. The van der Waals surface area contributed by atoms with Crippen molar-refractivity contribution in [3.8, 4) is 5.88 Å². The summed E-state index contributed by atoms with van der Waals surface area (Å²) in [7, 11) is 1.50. The molecule has 0 aliphatic heterocycles. The topological polar surface area (TPSA) is 47.0 Å². The van der Waals surface area contributed by atoms with E-state index in [0.29, 0.717) is 5.88 Å². The number of nitrogens with zero attached hydrogens (tertiary/aromatic N) is 2. The molecule has 2 aromatic rings. The average molecular weight is 251 g/mol. The van der Waals surface area contributed by atoms with Gasteiger partial charge in [-0.3, -0.25) is 0 Å². The standard InChI is InChI=1S/C12H11F2N3O/c1-18-12-8(3-2-4-15-12)6-16-11-10(14)5-9(13)7-17-11/h2-5,7H,6H2,1H3,(H,16,17). The normalized spacial score (nSPS) is 10.2. The van der Waals surface area contributed by atoms with Gasteiger partial charge in [-0.15, -0.1) is 0 Å². The van der Waals surface area contributed by atoms with Gasteiger partial charge in [-0.25, -0.2) is 18.7 Å². The largest absolute Gasteiger partial charge is 0.481 e. The minimum Gasteiger partial charge on any atom is -0.481 e. The van der Waals surface area contributed by atoms with Crippen molar-refractivity contribution < 1.29 is 13.5 Å². The Morgan fingerprint density at radius 1 is 1.33 bits per heavy atom. The molecule has 0 aromatic carbocycles. The van der Waals surface area contributed by atoms with Crippen LogP contribution in [0.1, 0.15) is 5.56 Å². The summed E-state index contributed by atoms with van der Waals surface area (Å²) in [6.07, 6.45) is 2.55. The van der Waals surface area contributed by atoms with Gasteiger partial charge in [-0.2, -0.15) is 0 Å². The number of aromatic nitrogens is 2. The predicted octanol–water partition coefficient (Wildman–Crippen LogP) is 2.38. The zero-order valence-corrected chi connectivity index (χ0v) is 9.65. The van der Waals surface area contributed by atoms with Crippen LogP contribution in [0.3, 0.4) is 0 Å². The maximum atomic E-state index is 13.3. The van der Waals surface area contributed by atoms with E-state index < -0.39 is 11.6 Å². The minimum atomic E-state index is -0.738. The zero-order chi connectivity index (χ0) is 13.0. The molecule has 0 radical (unpaired) electrons. The number of methoxy groups -OCH3 is 1. The van der Waals surface area contributed by atoms with Gasteiger partial charge in [0.25, 0.3) is 0 Å². The number of anilines is 1. The SMILES string of the molecule is COc1ncccc1CNc1ncc(F)cc1F. The van der Waals surface area contributed by atoms with Gasteiger partial charge in [0.2, 0.25) is 5.88 Å². The lowest BCUT2D eigenvalue weighted by molar-refractivity contribution is 0.393. The van der Waals surface area contributed by atoms with Gasteiger partial charge in [0.15, 0.2) is 11.6 Å². The Morgan fingerprint density at radius 2 is 2.17 bits per heavy atom. The van der Waals surface area contributed by atoms with Gasteiger partial charge >= 0.3 is 0 Å². The number of halogens is 2. The lowest BCUT2D eigenvalue weighted by Crippen LogP contribution is -2.06. The van der Waals surface area contributed by atoms with Crippen LogP contribution in [0.2, 0.25) is 0 Å². The molecule has 0 fully saturated rings. The molecule has 0 aliphatic carbocycles. The van der Waals surface area contributed by atoms with Gasteiger partial charge < -0.3 is 10.1 Å². The summed E-state index contributed by atoms with van der Waals surface area (Å²) in [6.45, 7) is 0.284. The van der Waals surface area contributed by atoms with E-state index in [4.69, 9.17) is 4.74 Å². The Labute approximate surface area is 103 Å². The first-order valence-electron chi connectivity index (χ1n) is 5.23. The number of rotatable bonds is 4. The molecule has 0 saturated carbocycles.